The molecule has 1 N–H and O–H groups in total. The lowest BCUT2D eigenvalue weighted by Crippen LogP contribution is -2.20. The van der Waals surface area contributed by atoms with E-state index in [1.807, 2.05) is 19.1 Å². The van der Waals surface area contributed by atoms with Gasteiger partial charge in [-0.25, -0.2) is 0 Å². The number of hydrogen-bond donors (Lipinski definition) is 1. The first-order valence-electron chi connectivity index (χ1n) is 6.23. The zero-order valence-electron chi connectivity index (χ0n) is 11.5. The fourth-order valence-electron chi connectivity index (χ4n) is 2.05. The first-order valence-corrected chi connectivity index (χ1v) is 7.37. The molecule has 6 heteroatoms. The van der Waals surface area contributed by atoms with Crippen molar-refractivity contribution in [3.8, 4) is 0 Å². The molecule has 0 radical (unpaired) electrons. The van der Waals surface area contributed by atoms with Crippen LogP contribution in [0, 0.1) is 6.92 Å². The Kier molecular flexibility index (Phi) is 4.69. The van der Waals surface area contributed by atoms with Crippen LogP contribution in [0.5, 0.6) is 0 Å². The van der Waals surface area contributed by atoms with E-state index in [-0.39, 0.29) is 5.78 Å². The topological polar surface area (TPSA) is 42.2 Å². The van der Waals surface area contributed by atoms with Gasteiger partial charge >= 0.3 is 0 Å². The summed E-state index contributed by atoms with van der Waals surface area (Å²) in [7, 11) is 1.65. The molecule has 2 aromatic rings. The molecular formula is C15H14Cl3NO2. The third kappa shape index (κ3) is 3.43. The average molecular weight is 347 g/mol. The van der Waals surface area contributed by atoms with Crippen molar-refractivity contribution in [1.82, 2.24) is 4.57 Å². The van der Waals surface area contributed by atoms with Crippen molar-refractivity contribution in [2.45, 2.75) is 16.8 Å². The second kappa shape index (κ2) is 6.01. The molecule has 21 heavy (non-hydrogen) atoms. The molecule has 2 rings (SSSR count). The molecule has 0 saturated heterocycles. The van der Waals surface area contributed by atoms with E-state index in [1.54, 1.807) is 31.3 Å². The van der Waals surface area contributed by atoms with Gasteiger partial charge in [0.15, 0.2) is 0 Å². The number of halogens is 3. The van der Waals surface area contributed by atoms with Crippen LogP contribution >= 0.6 is 34.8 Å². The number of benzene rings is 1. The Labute approximate surface area is 138 Å². The zero-order chi connectivity index (χ0) is 15.8. The molecule has 0 aliphatic rings. The van der Waals surface area contributed by atoms with Gasteiger partial charge in [-0.2, -0.15) is 0 Å². The highest BCUT2D eigenvalue weighted by atomic mass is 35.6. The van der Waals surface area contributed by atoms with Gasteiger partial charge in [0.05, 0.1) is 11.4 Å². The van der Waals surface area contributed by atoms with Gasteiger partial charge < -0.3 is 9.67 Å². The predicted molar refractivity (Wildman–Crippen MR) is 85.3 cm³/mol. The molecule has 1 aromatic carbocycles. The summed E-state index contributed by atoms with van der Waals surface area (Å²) in [6, 6.07) is 10.4. The molecule has 1 unspecified atom stereocenters. The summed E-state index contributed by atoms with van der Waals surface area (Å²) in [5, 5.41) is 10.0. The molecule has 0 spiro atoms. The molecule has 0 aliphatic heterocycles. The van der Waals surface area contributed by atoms with Gasteiger partial charge in [-0.3, -0.25) is 4.79 Å². The number of nitrogens with zero attached hydrogens (tertiary/aromatic N) is 1. The number of aliphatic hydroxyl groups is 1. The maximum atomic E-state index is 12.5. The maximum absolute atomic E-state index is 12.5. The van der Waals surface area contributed by atoms with Crippen molar-refractivity contribution in [2.75, 3.05) is 0 Å². The molecule has 0 saturated carbocycles. The van der Waals surface area contributed by atoms with Crippen LogP contribution in [-0.2, 0) is 7.05 Å². The van der Waals surface area contributed by atoms with Gasteiger partial charge in [-0.05, 0) is 19.1 Å². The van der Waals surface area contributed by atoms with E-state index >= 15 is 0 Å². The highest BCUT2D eigenvalue weighted by Crippen LogP contribution is 2.40. The lowest BCUT2D eigenvalue weighted by atomic mass is 10.1. The highest BCUT2D eigenvalue weighted by molar-refractivity contribution is 6.68. The number of ketones is 1. The quantitative estimate of drug-likeness (QED) is 0.675. The molecular weight excluding hydrogens is 333 g/mol. The summed E-state index contributed by atoms with van der Waals surface area (Å²) in [5.41, 5.74) is 2.43. The minimum absolute atomic E-state index is 0.153. The van der Waals surface area contributed by atoms with Gasteiger partial charge in [0.2, 0.25) is 9.58 Å². The van der Waals surface area contributed by atoms with Gasteiger partial charge in [0, 0.05) is 12.6 Å². The molecule has 3 nitrogen and oxygen atoms in total. The van der Waals surface area contributed by atoms with Crippen LogP contribution in [0.4, 0.5) is 0 Å². The number of alkyl halides is 3. The Hall–Kier alpha value is -1.00. The fourth-order valence-corrected chi connectivity index (χ4v) is 2.39. The Morgan fingerprint density at radius 2 is 1.71 bits per heavy atom. The van der Waals surface area contributed by atoms with Crippen LogP contribution in [0.1, 0.15) is 33.4 Å². The monoisotopic (exact) mass is 345 g/mol. The SMILES string of the molecule is Cc1ccc(C(=O)c2ccc(C(O)C(Cl)(Cl)Cl)n2C)cc1. The standard InChI is InChI=1S/C15H14Cl3NO2/c1-9-3-5-10(6-4-9)13(20)11-7-8-12(19(11)2)14(21)15(16,17)18/h3-8,14,21H,1-2H3. The zero-order valence-corrected chi connectivity index (χ0v) is 13.7. The average Bonchev–Trinajstić information content (AvgIpc) is 2.78. The summed E-state index contributed by atoms with van der Waals surface area (Å²) in [6.45, 7) is 1.95. The third-order valence-electron chi connectivity index (χ3n) is 3.30. The van der Waals surface area contributed by atoms with Gasteiger partial charge in [-0.15, -0.1) is 0 Å². The fraction of sp³-hybridized carbons (Fsp3) is 0.267. The van der Waals surface area contributed by atoms with E-state index in [9.17, 15) is 9.90 Å². The predicted octanol–water partition coefficient (Wildman–Crippen LogP) is 3.97. The van der Waals surface area contributed by atoms with Crippen molar-refractivity contribution in [1.29, 1.82) is 0 Å². The van der Waals surface area contributed by atoms with E-state index in [0.29, 0.717) is 17.0 Å². The van der Waals surface area contributed by atoms with Gasteiger partial charge in [-0.1, -0.05) is 64.6 Å². The number of aromatic nitrogens is 1. The molecule has 0 amide bonds. The van der Waals surface area contributed by atoms with E-state index in [0.717, 1.165) is 5.56 Å². The molecule has 1 atom stereocenters. The van der Waals surface area contributed by atoms with Gasteiger partial charge in [0.1, 0.15) is 6.10 Å². The van der Waals surface area contributed by atoms with Crippen LogP contribution in [0.3, 0.4) is 0 Å². The lowest BCUT2D eigenvalue weighted by Gasteiger charge is -2.20. The molecule has 0 aliphatic carbocycles. The van der Waals surface area contributed by atoms with E-state index in [1.165, 1.54) is 4.57 Å². The van der Waals surface area contributed by atoms with Crippen LogP contribution in [0.25, 0.3) is 0 Å². The first-order chi connectivity index (χ1) is 9.71. The van der Waals surface area contributed by atoms with Crippen LogP contribution < -0.4 is 0 Å². The number of aryl methyl sites for hydroxylation is 1. The number of carbonyl (C=O) groups is 1. The summed E-state index contributed by atoms with van der Waals surface area (Å²) >= 11 is 17.1. The van der Waals surface area contributed by atoms with E-state index < -0.39 is 9.90 Å². The Morgan fingerprint density at radius 1 is 1.14 bits per heavy atom. The van der Waals surface area contributed by atoms with Crippen molar-refractivity contribution in [2.24, 2.45) is 7.05 Å². The summed E-state index contributed by atoms with van der Waals surface area (Å²) < 4.78 is -0.314. The van der Waals surface area contributed by atoms with Crippen molar-refractivity contribution < 1.29 is 9.90 Å². The second-order valence-electron chi connectivity index (χ2n) is 4.84. The van der Waals surface area contributed by atoms with Crippen molar-refractivity contribution in [3.05, 3.63) is 58.9 Å². The van der Waals surface area contributed by atoms with Crippen molar-refractivity contribution in [3.63, 3.8) is 0 Å². The second-order valence-corrected chi connectivity index (χ2v) is 7.21. The van der Waals surface area contributed by atoms with E-state index in [4.69, 9.17) is 34.8 Å². The maximum Gasteiger partial charge on any atom is 0.221 e. The van der Waals surface area contributed by atoms with Gasteiger partial charge in [0.25, 0.3) is 0 Å². The first kappa shape index (κ1) is 16.4. The molecule has 1 aromatic heterocycles. The van der Waals surface area contributed by atoms with Crippen LogP contribution in [0.2, 0.25) is 0 Å². The lowest BCUT2D eigenvalue weighted by molar-refractivity contribution is 0.103. The normalized spacial score (nSPS) is 13.2. The minimum Gasteiger partial charge on any atom is -0.382 e. The number of rotatable bonds is 3. The number of carbonyl (C=O) groups excluding carboxylic acids is 1. The van der Waals surface area contributed by atoms with Crippen LogP contribution in [0.15, 0.2) is 36.4 Å². The molecule has 1 heterocycles. The molecule has 0 fully saturated rings. The van der Waals surface area contributed by atoms with Crippen molar-refractivity contribution >= 4 is 40.6 Å². The highest BCUT2D eigenvalue weighted by Gasteiger charge is 2.34. The Morgan fingerprint density at radius 3 is 2.24 bits per heavy atom. The largest absolute Gasteiger partial charge is 0.382 e. The van der Waals surface area contributed by atoms with E-state index in [2.05, 4.69) is 0 Å². The minimum atomic E-state index is -1.85. The number of hydrogen-bond acceptors (Lipinski definition) is 2. The number of aliphatic hydroxyl groups excluding tert-OH is 1. The third-order valence-corrected chi connectivity index (χ3v) is 3.92. The summed E-state index contributed by atoms with van der Waals surface area (Å²) in [6.07, 6.45) is -1.31. The summed E-state index contributed by atoms with van der Waals surface area (Å²) in [4.78, 5) is 12.5. The molecule has 0 bridgehead atoms. The molecule has 112 valence electrons. The van der Waals surface area contributed by atoms with Crippen LogP contribution in [-0.4, -0.2) is 19.2 Å². The Bertz CT molecular complexity index is 657. The summed E-state index contributed by atoms with van der Waals surface area (Å²) in [5.74, 6) is -0.153. The smallest absolute Gasteiger partial charge is 0.221 e. The Balaban J connectivity index is 2.36.